The number of anilines is 1. The lowest BCUT2D eigenvalue weighted by atomic mass is 9.98. The quantitative estimate of drug-likeness (QED) is 0.475. The molecular weight excluding hydrogens is 466 g/mol. The summed E-state index contributed by atoms with van der Waals surface area (Å²) < 4.78 is 53.5. The van der Waals surface area contributed by atoms with E-state index in [2.05, 4.69) is 10.3 Å². The zero-order chi connectivity index (χ0) is 23.2. The fourth-order valence-electron chi connectivity index (χ4n) is 4.13. The molecule has 2 aromatic carbocycles. The molecule has 2 atom stereocenters. The monoisotopic (exact) mass is 488 g/mol. The minimum absolute atomic E-state index is 0.00717. The van der Waals surface area contributed by atoms with Crippen molar-refractivity contribution in [2.45, 2.75) is 48.2 Å². The molecule has 0 saturated heterocycles. The normalized spacial score (nSPS) is 23.7. The molecule has 3 aromatic rings. The highest BCUT2D eigenvalue weighted by molar-refractivity contribution is 7.92. The number of hydrogen-bond donors (Lipinski definition) is 1. The van der Waals surface area contributed by atoms with Crippen molar-refractivity contribution in [1.82, 2.24) is 4.98 Å². The Labute approximate surface area is 194 Å². The minimum atomic E-state index is -3.36. The number of benzene rings is 2. The van der Waals surface area contributed by atoms with Gasteiger partial charge in [0.25, 0.3) is 5.91 Å². The van der Waals surface area contributed by atoms with Crippen LogP contribution in [0.2, 0.25) is 0 Å². The third kappa shape index (κ3) is 4.56. The Kier molecular flexibility index (Phi) is 5.78. The number of fused-ring (bicyclic) bond motifs is 1. The summed E-state index contributed by atoms with van der Waals surface area (Å²) in [4.78, 5) is 17.9. The molecule has 0 bridgehead atoms. The molecule has 2 saturated carbocycles. The Balaban J connectivity index is 1.45. The van der Waals surface area contributed by atoms with Gasteiger partial charge >= 0.3 is 0 Å². The van der Waals surface area contributed by atoms with Crippen LogP contribution in [-0.2, 0) is 14.6 Å². The fourth-order valence-corrected chi connectivity index (χ4v) is 6.65. The molecule has 172 valence electrons. The van der Waals surface area contributed by atoms with E-state index in [1.807, 2.05) is 24.3 Å². The number of aromatic nitrogens is 1. The van der Waals surface area contributed by atoms with Gasteiger partial charge in [-0.25, -0.2) is 22.2 Å². The van der Waals surface area contributed by atoms with Crippen molar-refractivity contribution in [3.63, 3.8) is 0 Å². The van der Waals surface area contributed by atoms with Crippen LogP contribution in [0, 0.1) is 5.92 Å². The SMILES string of the molecule is O=C(Nc1nc2ccccc2s1)/C(=C/C1CC(F)C(F)C1)c1ccc(S(=O)(=O)C2CC2)cc1. The lowest BCUT2D eigenvalue weighted by molar-refractivity contribution is -0.111. The third-order valence-electron chi connectivity index (χ3n) is 6.07. The van der Waals surface area contributed by atoms with Crippen molar-refractivity contribution in [1.29, 1.82) is 0 Å². The highest BCUT2D eigenvalue weighted by Gasteiger charge is 2.37. The Morgan fingerprint density at radius 3 is 2.33 bits per heavy atom. The molecule has 5 rings (SSSR count). The first-order valence-corrected chi connectivity index (χ1v) is 13.2. The number of amides is 1. The smallest absolute Gasteiger partial charge is 0.257 e. The summed E-state index contributed by atoms with van der Waals surface area (Å²) in [6.07, 6.45) is -0.163. The molecule has 2 fully saturated rings. The predicted molar refractivity (Wildman–Crippen MR) is 125 cm³/mol. The number of nitrogens with one attached hydrogen (secondary N) is 1. The summed E-state index contributed by atoms with van der Waals surface area (Å²) in [5, 5.41) is 2.88. The lowest BCUT2D eigenvalue weighted by Gasteiger charge is -2.12. The van der Waals surface area contributed by atoms with E-state index < -0.39 is 34.0 Å². The Hall–Kier alpha value is -2.65. The molecule has 9 heteroatoms. The topological polar surface area (TPSA) is 76.1 Å². The Bertz CT molecular complexity index is 1290. The van der Waals surface area contributed by atoms with Crippen LogP contribution in [0.15, 0.2) is 59.5 Å². The highest BCUT2D eigenvalue weighted by atomic mass is 32.2. The van der Waals surface area contributed by atoms with E-state index in [0.717, 1.165) is 10.2 Å². The Morgan fingerprint density at radius 1 is 1.03 bits per heavy atom. The second kappa shape index (κ2) is 8.61. The van der Waals surface area contributed by atoms with Crippen molar-refractivity contribution in [3.05, 3.63) is 60.2 Å². The van der Waals surface area contributed by atoms with E-state index in [1.165, 1.54) is 23.5 Å². The number of allylic oxidation sites excluding steroid dienone is 1. The average molecular weight is 489 g/mol. The predicted octanol–water partition coefficient (Wildman–Crippen LogP) is 5.34. The second-order valence-corrected chi connectivity index (χ2v) is 11.8. The summed E-state index contributed by atoms with van der Waals surface area (Å²) in [6.45, 7) is 0. The van der Waals surface area contributed by atoms with Crippen molar-refractivity contribution in [2.24, 2.45) is 5.92 Å². The van der Waals surface area contributed by atoms with Gasteiger partial charge in [0.15, 0.2) is 15.0 Å². The zero-order valence-corrected chi connectivity index (χ0v) is 19.2. The molecule has 1 aromatic heterocycles. The number of rotatable bonds is 6. The molecule has 2 aliphatic carbocycles. The summed E-state index contributed by atoms with van der Waals surface area (Å²) in [7, 11) is -3.36. The highest BCUT2D eigenvalue weighted by Crippen LogP contribution is 2.36. The molecule has 5 nitrogen and oxygen atoms in total. The van der Waals surface area contributed by atoms with Crippen LogP contribution in [0.3, 0.4) is 0 Å². The minimum Gasteiger partial charge on any atom is -0.298 e. The van der Waals surface area contributed by atoms with Gasteiger partial charge in [-0.3, -0.25) is 10.1 Å². The average Bonchev–Trinajstić information content (AvgIpc) is 3.51. The van der Waals surface area contributed by atoms with E-state index in [4.69, 9.17) is 0 Å². The van der Waals surface area contributed by atoms with Gasteiger partial charge in [-0.05, 0) is 61.4 Å². The van der Waals surface area contributed by atoms with Crippen LogP contribution < -0.4 is 5.32 Å². The first-order valence-electron chi connectivity index (χ1n) is 10.8. The van der Waals surface area contributed by atoms with E-state index in [0.29, 0.717) is 23.5 Å². The fraction of sp³-hybridized carbons (Fsp3) is 0.333. The number of halogens is 2. The second-order valence-electron chi connectivity index (χ2n) is 8.55. The van der Waals surface area contributed by atoms with E-state index >= 15 is 0 Å². The van der Waals surface area contributed by atoms with Gasteiger partial charge in [-0.15, -0.1) is 0 Å². The van der Waals surface area contributed by atoms with Crippen molar-refractivity contribution < 1.29 is 22.0 Å². The number of sulfone groups is 1. The van der Waals surface area contributed by atoms with Crippen LogP contribution in [0.25, 0.3) is 15.8 Å². The molecule has 2 aliphatic rings. The molecule has 33 heavy (non-hydrogen) atoms. The standard InChI is InChI=1S/C24H22F2N2O3S2/c25-19-12-14(13-20(19)26)11-18(15-5-7-16(8-6-15)33(30,31)17-9-10-17)23(29)28-24-27-21-3-1-2-4-22(21)32-24/h1-8,11,14,17,19-20H,9-10,12-13H2,(H,27,28,29)/b18-11+. The van der Waals surface area contributed by atoms with Gasteiger partial charge in [0.05, 0.1) is 20.4 Å². The largest absolute Gasteiger partial charge is 0.298 e. The number of carbonyl (C=O) groups is 1. The molecular formula is C24H22F2N2O3S2. The van der Waals surface area contributed by atoms with Gasteiger partial charge in [-0.1, -0.05) is 41.7 Å². The maximum absolute atomic E-state index is 13.8. The van der Waals surface area contributed by atoms with Gasteiger partial charge < -0.3 is 0 Å². The van der Waals surface area contributed by atoms with E-state index in [1.54, 1.807) is 18.2 Å². The maximum atomic E-state index is 13.8. The van der Waals surface area contributed by atoms with Crippen LogP contribution in [0.5, 0.6) is 0 Å². The van der Waals surface area contributed by atoms with Crippen LogP contribution in [-0.4, -0.2) is 36.9 Å². The van der Waals surface area contributed by atoms with Crippen molar-refractivity contribution in [3.8, 4) is 0 Å². The number of hydrogen-bond acceptors (Lipinski definition) is 5. The van der Waals surface area contributed by atoms with Crippen molar-refractivity contribution in [2.75, 3.05) is 5.32 Å². The summed E-state index contributed by atoms with van der Waals surface area (Å²) in [6, 6.07) is 13.6. The van der Waals surface area contributed by atoms with Gasteiger partial charge in [0.1, 0.15) is 12.3 Å². The molecule has 1 N–H and O–H groups in total. The number of nitrogens with zero attached hydrogens (tertiary/aromatic N) is 1. The van der Waals surface area contributed by atoms with E-state index in [9.17, 15) is 22.0 Å². The van der Waals surface area contributed by atoms with Gasteiger partial charge in [0, 0.05) is 5.57 Å². The number of thiazole rings is 1. The Morgan fingerprint density at radius 2 is 1.70 bits per heavy atom. The lowest BCUT2D eigenvalue weighted by Crippen LogP contribution is -2.15. The first-order chi connectivity index (χ1) is 15.8. The third-order valence-corrected chi connectivity index (χ3v) is 9.30. The summed E-state index contributed by atoms with van der Waals surface area (Å²) in [5.74, 6) is -0.884. The van der Waals surface area contributed by atoms with Crippen molar-refractivity contribution >= 4 is 48.0 Å². The molecule has 2 unspecified atom stereocenters. The molecule has 1 amide bonds. The molecule has 0 spiro atoms. The summed E-state index contributed by atoms with van der Waals surface area (Å²) >= 11 is 1.33. The summed E-state index contributed by atoms with van der Waals surface area (Å²) in [5.41, 5.74) is 1.49. The maximum Gasteiger partial charge on any atom is 0.257 e. The number of para-hydroxylation sites is 1. The van der Waals surface area contributed by atoms with Crippen LogP contribution in [0.1, 0.15) is 31.2 Å². The van der Waals surface area contributed by atoms with Crippen LogP contribution in [0.4, 0.5) is 13.9 Å². The van der Waals surface area contributed by atoms with Gasteiger partial charge in [-0.2, -0.15) is 0 Å². The van der Waals surface area contributed by atoms with Crippen LogP contribution >= 0.6 is 11.3 Å². The number of alkyl halides is 2. The van der Waals surface area contributed by atoms with E-state index in [-0.39, 0.29) is 28.6 Å². The zero-order valence-electron chi connectivity index (χ0n) is 17.6. The molecule has 0 radical (unpaired) electrons. The van der Waals surface area contributed by atoms with Gasteiger partial charge in [0.2, 0.25) is 0 Å². The molecule has 0 aliphatic heterocycles. The molecule has 1 heterocycles. The number of carbonyl (C=O) groups excluding carboxylic acids is 1. The first kappa shape index (κ1) is 22.2.